The summed E-state index contributed by atoms with van der Waals surface area (Å²) >= 11 is 0. The van der Waals surface area contributed by atoms with Gasteiger partial charge in [0.05, 0.1) is 18.2 Å². The van der Waals surface area contributed by atoms with E-state index in [1.54, 1.807) is 19.4 Å². The lowest BCUT2D eigenvalue weighted by Gasteiger charge is -2.03. The molecule has 0 saturated carbocycles. The standard InChI is InChI=1S/C11H8N2O/c1-14-11-6-8-3-2-4-13-10(8)5-9(11)7-12/h2-6H,1H3. The normalized spacial score (nSPS) is 9.71. The second-order valence-electron chi connectivity index (χ2n) is 2.86. The Morgan fingerprint density at radius 1 is 1.43 bits per heavy atom. The lowest BCUT2D eigenvalue weighted by atomic mass is 10.1. The van der Waals surface area contributed by atoms with Crippen molar-refractivity contribution in [3.8, 4) is 11.8 Å². The molecule has 0 N–H and O–H groups in total. The van der Waals surface area contributed by atoms with Crippen LogP contribution in [0.15, 0.2) is 30.5 Å². The van der Waals surface area contributed by atoms with Crippen LogP contribution in [0.3, 0.4) is 0 Å². The van der Waals surface area contributed by atoms with E-state index in [0.29, 0.717) is 11.3 Å². The van der Waals surface area contributed by atoms with Crippen molar-refractivity contribution >= 4 is 10.9 Å². The molecule has 2 rings (SSSR count). The van der Waals surface area contributed by atoms with E-state index in [1.807, 2.05) is 18.2 Å². The van der Waals surface area contributed by atoms with Gasteiger partial charge in [0.2, 0.25) is 0 Å². The Kier molecular flexibility index (Phi) is 2.04. The summed E-state index contributed by atoms with van der Waals surface area (Å²) in [6.45, 7) is 0. The van der Waals surface area contributed by atoms with Gasteiger partial charge in [-0.1, -0.05) is 6.07 Å². The molecule has 0 aliphatic carbocycles. The van der Waals surface area contributed by atoms with E-state index in [2.05, 4.69) is 11.1 Å². The molecule has 0 unspecified atom stereocenters. The first kappa shape index (κ1) is 8.52. The van der Waals surface area contributed by atoms with Crippen molar-refractivity contribution in [3.63, 3.8) is 0 Å². The first-order valence-electron chi connectivity index (χ1n) is 4.18. The summed E-state index contributed by atoms with van der Waals surface area (Å²) in [6.07, 6.45) is 1.70. The van der Waals surface area contributed by atoms with Crippen LogP contribution in [0.1, 0.15) is 5.56 Å². The molecular weight excluding hydrogens is 176 g/mol. The summed E-state index contributed by atoms with van der Waals surface area (Å²) in [7, 11) is 1.55. The van der Waals surface area contributed by atoms with Gasteiger partial charge in [0, 0.05) is 11.6 Å². The zero-order chi connectivity index (χ0) is 9.97. The molecule has 3 heteroatoms. The molecule has 0 radical (unpaired) electrons. The van der Waals surface area contributed by atoms with Crippen molar-refractivity contribution in [2.75, 3.05) is 7.11 Å². The summed E-state index contributed by atoms with van der Waals surface area (Å²) in [5.74, 6) is 0.591. The summed E-state index contributed by atoms with van der Waals surface area (Å²) in [5, 5.41) is 9.83. The maximum Gasteiger partial charge on any atom is 0.137 e. The minimum atomic E-state index is 0.513. The van der Waals surface area contributed by atoms with Gasteiger partial charge in [0.25, 0.3) is 0 Å². The molecule has 1 aromatic carbocycles. The zero-order valence-corrected chi connectivity index (χ0v) is 7.69. The molecule has 2 aromatic rings. The monoisotopic (exact) mass is 184 g/mol. The first-order chi connectivity index (χ1) is 6.85. The molecule has 1 heterocycles. The number of methoxy groups -OCH3 is 1. The van der Waals surface area contributed by atoms with Crippen LogP contribution in [0.5, 0.6) is 5.75 Å². The maximum absolute atomic E-state index is 8.85. The van der Waals surface area contributed by atoms with Gasteiger partial charge in [-0.2, -0.15) is 5.26 Å². The quantitative estimate of drug-likeness (QED) is 0.681. The van der Waals surface area contributed by atoms with Crippen molar-refractivity contribution in [1.82, 2.24) is 4.98 Å². The van der Waals surface area contributed by atoms with Crippen LogP contribution in [-0.2, 0) is 0 Å². The largest absolute Gasteiger partial charge is 0.495 e. The number of ether oxygens (including phenoxy) is 1. The Morgan fingerprint density at radius 3 is 3.00 bits per heavy atom. The predicted molar refractivity (Wildman–Crippen MR) is 53.0 cm³/mol. The van der Waals surface area contributed by atoms with Crippen LogP contribution in [-0.4, -0.2) is 12.1 Å². The summed E-state index contributed by atoms with van der Waals surface area (Å²) in [4.78, 5) is 4.16. The van der Waals surface area contributed by atoms with Gasteiger partial charge in [-0.15, -0.1) is 0 Å². The van der Waals surface area contributed by atoms with Crippen molar-refractivity contribution in [1.29, 1.82) is 5.26 Å². The lowest BCUT2D eigenvalue weighted by Crippen LogP contribution is -1.89. The SMILES string of the molecule is COc1cc2cccnc2cc1C#N. The second kappa shape index (κ2) is 3.35. The van der Waals surface area contributed by atoms with Gasteiger partial charge >= 0.3 is 0 Å². The Morgan fingerprint density at radius 2 is 2.29 bits per heavy atom. The molecule has 0 bridgehead atoms. The molecule has 0 aliphatic heterocycles. The van der Waals surface area contributed by atoms with Crippen LogP contribution >= 0.6 is 0 Å². The van der Waals surface area contributed by atoms with E-state index in [1.165, 1.54) is 0 Å². The number of pyridine rings is 1. The van der Waals surface area contributed by atoms with Gasteiger partial charge in [-0.05, 0) is 18.2 Å². The summed E-state index contributed by atoms with van der Waals surface area (Å²) in [5.41, 5.74) is 1.32. The van der Waals surface area contributed by atoms with Crippen molar-refractivity contribution in [2.24, 2.45) is 0 Å². The minimum absolute atomic E-state index is 0.513. The average Bonchev–Trinajstić information content (AvgIpc) is 2.27. The van der Waals surface area contributed by atoms with E-state index in [4.69, 9.17) is 10.00 Å². The zero-order valence-electron chi connectivity index (χ0n) is 7.69. The van der Waals surface area contributed by atoms with Crippen molar-refractivity contribution < 1.29 is 4.74 Å². The van der Waals surface area contributed by atoms with Crippen LogP contribution < -0.4 is 4.74 Å². The fourth-order valence-electron chi connectivity index (χ4n) is 1.36. The Balaban J connectivity index is 2.77. The van der Waals surface area contributed by atoms with Crippen LogP contribution in [0.2, 0.25) is 0 Å². The third-order valence-electron chi connectivity index (χ3n) is 2.04. The Labute approximate surface area is 81.6 Å². The molecule has 1 aromatic heterocycles. The Bertz CT molecular complexity index is 514. The molecule has 0 spiro atoms. The van der Waals surface area contributed by atoms with Crippen LogP contribution in [0.4, 0.5) is 0 Å². The topological polar surface area (TPSA) is 45.9 Å². The van der Waals surface area contributed by atoms with E-state index in [9.17, 15) is 0 Å². The molecule has 0 aliphatic rings. The molecule has 0 amide bonds. The molecular formula is C11H8N2O. The number of rotatable bonds is 1. The first-order valence-corrected chi connectivity index (χ1v) is 4.18. The Hall–Kier alpha value is -2.08. The third kappa shape index (κ3) is 1.27. The van der Waals surface area contributed by atoms with Gasteiger partial charge in [-0.25, -0.2) is 0 Å². The number of benzene rings is 1. The number of nitriles is 1. The molecule has 14 heavy (non-hydrogen) atoms. The van der Waals surface area contributed by atoms with E-state index in [0.717, 1.165) is 10.9 Å². The predicted octanol–water partition coefficient (Wildman–Crippen LogP) is 2.12. The van der Waals surface area contributed by atoms with E-state index >= 15 is 0 Å². The van der Waals surface area contributed by atoms with Gasteiger partial charge in [0.15, 0.2) is 0 Å². The van der Waals surface area contributed by atoms with Gasteiger partial charge in [-0.3, -0.25) is 4.98 Å². The van der Waals surface area contributed by atoms with Crippen molar-refractivity contribution in [3.05, 3.63) is 36.0 Å². The van der Waals surface area contributed by atoms with Crippen molar-refractivity contribution in [2.45, 2.75) is 0 Å². The maximum atomic E-state index is 8.85. The van der Waals surface area contributed by atoms with Crippen LogP contribution in [0, 0.1) is 11.3 Å². The lowest BCUT2D eigenvalue weighted by molar-refractivity contribution is 0.414. The number of fused-ring (bicyclic) bond motifs is 1. The number of hydrogen-bond donors (Lipinski definition) is 0. The molecule has 0 atom stereocenters. The fraction of sp³-hybridized carbons (Fsp3) is 0.0909. The highest BCUT2D eigenvalue weighted by Gasteiger charge is 2.04. The fourth-order valence-corrected chi connectivity index (χ4v) is 1.36. The smallest absolute Gasteiger partial charge is 0.137 e. The second-order valence-corrected chi connectivity index (χ2v) is 2.86. The number of nitrogens with zero attached hydrogens (tertiary/aromatic N) is 2. The summed E-state index contributed by atoms with van der Waals surface area (Å²) in [6, 6.07) is 9.42. The molecule has 0 fully saturated rings. The highest BCUT2D eigenvalue weighted by Crippen LogP contribution is 2.23. The highest BCUT2D eigenvalue weighted by molar-refractivity contribution is 5.82. The number of hydrogen-bond acceptors (Lipinski definition) is 3. The van der Waals surface area contributed by atoms with E-state index in [-0.39, 0.29) is 0 Å². The van der Waals surface area contributed by atoms with Gasteiger partial charge < -0.3 is 4.74 Å². The third-order valence-corrected chi connectivity index (χ3v) is 2.04. The van der Waals surface area contributed by atoms with Crippen LogP contribution in [0.25, 0.3) is 10.9 Å². The average molecular weight is 184 g/mol. The highest BCUT2D eigenvalue weighted by atomic mass is 16.5. The molecule has 68 valence electrons. The van der Waals surface area contributed by atoms with Gasteiger partial charge in [0.1, 0.15) is 11.8 Å². The summed E-state index contributed by atoms with van der Waals surface area (Å²) < 4.78 is 5.09. The molecule has 0 saturated heterocycles. The minimum Gasteiger partial charge on any atom is -0.495 e. The number of aromatic nitrogens is 1. The van der Waals surface area contributed by atoms with E-state index < -0.39 is 0 Å². The molecule has 3 nitrogen and oxygen atoms in total.